The second-order valence-electron chi connectivity index (χ2n) is 5.23. The van der Waals surface area contributed by atoms with Crippen LogP contribution in [0.1, 0.15) is 47.0 Å². The summed E-state index contributed by atoms with van der Waals surface area (Å²) in [4.78, 5) is 0. The van der Waals surface area contributed by atoms with E-state index in [9.17, 15) is 0 Å². The van der Waals surface area contributed by atoms with Crippen molar-refractivity contribution in [1.29, 1.82) is 0 Å². The summed E-state index contributed by atoms with van der Waals surface area (Å²) in [7, 11) is 1.75. The van der Waals surface area contributed by atoms with Crippen LogP contribution in [0.3, 0.4) is 0 Å². The Labute approximate surface area is 94.2 Å². The molecule has 0 heterocycles. The minimum atomic E-state index is 0.211. The van der Waals surface area contributed by atoms with Gasteiger partial charge in [-0.25, -0.2) is 0 Å². The fourth-order valence-electron chi connectivity index (χ4n) is 2.32. The summed E-state index contributed by atoms with van der Waals surface area (Å²) >= 11 is 0. The first-order valence-corrected chi connectivity index (χ1v) is 5.88. The maximum Gasteiger partial charge on any atom is 0.0727 e. The number of hydrogen-bond donors (Lipinski definition) is 0. The Morgan fingerprint density at radius 2 is 2.07 bits per heavy atom. The van der Waals surface area contributed by atoms with E-state index >= 15 is 0 Å². The maximum absolute atomic E-state index is 5.24. The predicted molar refractivity (Wildman–Crippen MR) is 65.9 cm³/mol. The van der Waals surface area contributed by atoms with Crippen molar-refractivity contribution in [3.63, 3.8) is 0 Å². The molecular weight excluding hydrogens is 184 g/mol. The average Bonchev–Trinajstić information content (AvgIpc) is 2.15. The number of rotatable bonds is 3. The summed E-state index contributed by atoms with van der Waals surface area (Å²) in [5, 5.41) is 0. The molecule has 86 valence electrons. The first-order chi connectivity index (χ1) is 6.97. The third kappa shape index (κ3) is 3.20. The lowest BCUT2D eigenvalue weighted by molar-refractivity contribution is 0.156. The molecule has 1 rings (SSSR count). The molecule has 0 saturated carbocycles. The van der Waals surface area contributed by atoms with Crippen molar-refractivity contribution in [1.82, 2.24) is 0 Å². The zero-order valence-electron chi connectivity index (χ0n) is 10.8. The highest BCUT2D eigenvalue weighted by Gasteiger charge is 2.26. The van der Waals surface area contributed by atoms with Crippen LogP contribution in [0, 0.1) is 5.41 Å². The highest BCUT2D eigenvalue weighted by molar-refractivity contribution is 5.32. The lowest BCUT2D eigenvalue weighted by Crippen LogP contribution is -2.19. The average molecular weight is 208 g/mol. The number of hydrogen-bond acceptors (Lipinski definition) is 1. The van der Waals surface area contributed by atoms with Crippen LogP contribution >= 0.6 is 0 Å². The fraction of sp³-hybridized carbons (Fsp3) is 0.714. The van der Waals surface area contributed by atoms with Crippen molar-refractivity contribution in [3.05, 3.63) is 23.3 Å². The molecule has 1 aliphatic rings. The molecule has 0 aromatic carbocycles. The molecule has 0 N–H and O–H groups in total. The van der Waals surface area contributed by atoms with Gasteiger partial charge >= 0.3 is 0 Å². The molecule has 0 spiro atoms. The highest BCUT2D eigenvalue weighted by Crippen LogP contribution is 2.40. The van der Waals surface area contributed by atoms with Gasteiger partial charge in [0, 0.05) is 7.11 Å². The Hall–Kier alpha value is -0.560. The van der Waals surface area contributed by atoms with E-state index in [1.54, 1.807) is 12.7 Å². The standard InChI is InChI=1S/C14H24O/c1-11-7-6-10-14(3,4)13(11)9-8-12(2)15-5/h8-9,12H,6-7,10H2,1-5H3/b9-8-. The lowest BCUT2D eigenvalue weighted by atomic mass is 9.72. The summed E-state index contributed by atoms with van der Waals surface area (Å²) in [6.45, 7) is 9.01. The van der Waals surface area contributed by atoms with Gasteiger partial charge in [0.25, 0.3) is 0 Å². The van der Waals surface area contributed by atoms with Crippen molar-refractivity contribution >= 4 is 0 Å². The van der Waals surface area contributed by atoms with E-state index < -0.39 is 0 Å². The van der Waals surface area contributed by atoms with Gasteiger partial charge < -0.3 is 4.74 Å². The third-order valence-corrected chi connectivity index (χ3v) is 3.45. The van der Waals surface area contributed by atoms with Crippen LogP contribution in [-0.2, 0) is 4.74 Å². The summed E-state index contributed by atoms with van der Waals surface area (Å²) in [5.74, 6) is 0. The van der Waals surface area contributed by atoms with Gasteiger partial charge in [0.2, 0.25) is 0 Å². The van der Waals surface area contributed by atoms with Crippen molar-refractivity contribution in [2.45, 2.75) is 53.1 Å². The van der Waals surface area contributed by atoms with Crippen LogP contribution in [0.25, 0.3) is 0 Å². The molecule has 1 atom stereocenters. The SMILES string of the molecule is COC(C)/C=C\C1=C(C)CCCC1(C)C. The highest BCUT2D eigenvalue weighted by atomic mass is 16.5. The molecule has 1 aliphatic carbocycles. The second-order valence-corrected chi connectivity index (χ2v) is 5.23. The number of methoxy groups -OCH3 is 1. The van der Waals surface area contributed by atoms with Crippen LogP contribution < -0.4 is 0 Å². The van der Waals surface area contributed by atoms with Crippen LogP contribution in [-0.4, -0.2) is 13.2 Å². The van der Waals surface area contributed by atoms with E-state index in [4.69, 9.17) is 4.74 Å². The molecule has 0 bridgehead atoms. The van der Waals surface area contributed by atoms with Crippen LogP contribution in [0.2, 0.25) is 0 Å². The molecular formula is C14H24O. The first kappa shape index (κ1) is 12.5. The molecule has 0 saturated heterocycles. The summed E-state index contributed by atoms with van der Waals surface area (Å²) in [6.07, 6.45) is 8.52. The van der Waals surface area contributed by atoms with Crippen molar-refractivity contribution in [3.8, 4) is 0 Å². The Balaban J connectivity index is 2.85. The van der Waals surface area contributed by atoms with Gasteiger partial charge in [-0.2, -0.15) is 0 Å². The summed E-state index contributed by atoms with van der Waals surface area (Å²) in [6, 6.07) is 0. The van der Waals surface area contributed by atoms with Gasteiger partial charge in [-0.3, -0.25) is 0 Å². The molecule has 0 aromatic rings. The monoisotopic (exact) mass is 208 g/mol. The quantitative estimate of drug-likeness (QED) is 0.678. The van der Waals surface area contributed by atoms with Crippen LogP contribution in [0.4, 0.5) is 0 Å². The molecule has 1 unspecified atom stereocenters. The van der Waals surface area contributed by atoms with Crippen molar-refractivity contribution < 1.29 is 4.74 Å². The molecule has 0 fully saturated rings. The van der Waals surface area contributed by atoms with Gasteiger partial charge in [-0.15, -0.1) is 0 Å². The fourth-order valence-corrected chi connectivity index (χ4v) is 2.32. The lowest BCUT2D eigenvalue weighted by Gasteiger charge is -2.33. The van der Waals surface area contributed by atoms with Gasteiger partial charge in [0.15, 0.2) is 0 Å². The van der Waals surface area contributed by atoms with Gasteiger partial charge in [0.05, 0.1) is 6.10 Å². The minimum absolute atomic E-state index is 0.211. The Morgan fingerprint density at radius 3 is 2.60 bits per heavy atom. The topological polar surface area (TPSA) is 9.23 Å². The molecule has 1 nitrogen and oxygen atoms in total. The molecule has 0 radical (unpaired) electrons. The van der Waals surface area contributed by atoms with Gasteiger partial charge in [0.1, 0.15) is 0 Å². The van der Waals surface area contributed by atoms with Crippen molar-refractivity contribution in [2.75, 3.05) is 7.11 Å². The largest absolute Gasteiger partial charge is 0.378 e. The normalized spacial score (nSPS) is 23.5. The molecule has 1 heteroatoms. The van der Waals surface area contributed by atoms with E-state index in [0.717, 1.165) is 0 Å². The van der Waals surface area contributed by atoms with E-state index in [-0.39, 0.29) is 6.10 Å². The second kappa shape index (κ2) is 4.98. The van der Waals surface area contributed by atoms with E-state index in [1.165, 1.54) is 24.8 Å². The molecule has 0 aliphatic heterocycles. The molecule has 15 heavy (non-hydrogen) atoms. The summed E-state index contributed by atoms with van der Waals surface area (Å²) < 4.78 is 5.24. The number of ether oxygens (including phenoxy) is 1. The number of allylic oxidation sites excluding steroid dienone is 3. The Kier molecular flexibility index (Phi) is 4.15. The minimum Gasteiger partial charge on any atom is -0.378 e. The smallest absolute Gasteiger partial charge is 0.0727 e. The van der Waals surface area contributed by atoms with E-state index in [1.807, 2.05) is 0 Å². The Morgan fingerprint density at radius 1 is 1.40 bits per heavy atom. The van der Waals surface area contributed by atoms with Gasteiger partial charge in [-0.05, 0) is 44.1 Å². The third-order valence-electron chi connectivity index (χ3n) is 3.45. The summed E-state index contributed by atoms with van der Waals surface area (Å²) in [5.41, 5.74) is 3.40. The van der Waals surface area contributed by atoms with Crippen LogP contribution in [0.15, 0.2) is 23.3 Å². The van der Waals surface area contributed by atoms with E-state index in [2.05, 4.69) is 39.8 Å². The van der Waals surface area contributed by atoms with Crippen molar-refractivity contribution in [2.24, 2.45) is 5.41 Å². The zero-order valence-corrected chi connectivity index (χ0v) is 10.8. The first-order valence-electron chi connectivity index (χ1n) is 5.88. The zero-order chi connectivity index (χ0) is 11.5. The molecule has 0 aromatic heterocycles. The van der Waals surface area contributed by atoms with E-state index in [0.29, 0.717) is 5.41 Å². The maximum atomic E-state index is 5.24. The van der Waals surface area contributed by atoms with Crippen LogP contribution in [0.5, 0.6) is 0 Å². The van der Waals surface area contributed by atoms with Gasteiger partial charge in [-0.1, -0.05) is 31.6 Å². The predicted octanol–water partition coefficient (Wildman–Crippen LogP) is 4.10. The molecule has 0 amide bonds. The Bertz CT molecular complexity index is 271.